The summed E-state index contributed by atoms with van der Waals surface area (Å²) in [6.45, 7) is 0. The van der Waals surface area contributed by atoms with Crippen LogP contribution < -0.4 is 10.9 Å². The first-order valence-electron chi connectivity index (χ1n) is 16.0. The second-order valence-electron chi connectivity index (χ2n) is 12.6. The molecule has 0 spiro atoms. The largest absolute Gasteiger partial charge is 0.354 e. The van der Waals surface area contributed by atoms with Crippen LogP contribution in [0.4, 0.5) is 0 Å². The Morgan fingerprint density at radius 2 is 0.864 bits per heavy atom. The van der Waals surface area contributed by atoms with Gasteiger partial charge in [-0.3, -0.25) is 19.2 Å². The van der Waals surface area contributed by atoms with E-state index >= 15 is 0 Å². The summed E-state index contributed by atoms with van der Waals surface area (Å²) in [6, 6.07) is 21.5. The predicted octanol–water partition coefficient (Wildman–Crippen LogP) is 8.23. The van der Waals surface area contributed by atoms with Gasteiger partial charge >= 0.3 is 0 Å². The van der Waals surface area contributed by atoms with Crippen LogP contribution in [0.5, 0.6) is 0 Å². The lowest BCUT2D eigenvalue weighted by atomic mass is 9.84. The third kappa shape index (κ3) is 5.45. The van der Waals surface area contributed by atoms with Crippen LogP contribution >= 0.6 is 0 Å². The van der Waals surface area contributed by atoms with Gasteiger partial charge < -0.3 is 9.97 Å². The number of hydrogen-bond acceptors (Lipinski definition) is 4. The molecule has 5 aromatic rings. The number of nitrogens with one attached hydrogen (secondary N) is 2. The van der Waals surface area contributed by atoms with Gasteiger partial charge in [-0.15, -0.1) is 0 Å². The number of aromatic amines is 2. The first kappa shape index (κ1) is 28.2. The number of benzene rings is 3. The van der Waals surface area contributed by atoms with Gasteiger partial charge in [-0.1, -0.05) is 87.1 Å². The van der Waals surface area contributed by atoms with Crippen LogP contribution in [-0.2, 0) is 0 Å². The van der Waals surface area contributed by atoms with Crippen LogP contribution in [0.15, 0.2) is 82.4 Å². The van der Waals surface area contributed by atoms with E-state index < -0.39 is 0 Å². The molecule has 6 heteroatoms. The summed E-state index contributed by atoms with van der Waals surface area (Å²) < 4.78 is 0. The Hall–Kier alpha value is -4.58. The molecule has 3 aromatic carbocycles. The van der Waals surface area contributed by atoms with Crippen molar-refractivity contribution in [1.82, 2.24) is 9.97 Å². The van der Waals surface area contributed by atoms with Gasteiger partial charge in [0, 0.05) is 57.3 Å². The molecular formula is C38H36N2O4. The number of Topliss-reactive ketones (excluding diaryl/α,β-unsaturated/α-hetero) is 2. The van der Waals surface area contributed by atoms with Gasteiger partial charge in [0.05, 0.1) is 11.0 Å². The Morgan fingerprint density at radius 1 is 0.500 bits per heavy atom. The van der Waals surface area contributed by atoms with E-state index in [4.69, 9.17) is 0 Å². The normalized spacial score (nSPS) is 16.4. The molecule has 2 aromatic heterocycles. The second-order valence-corrected chi connectivity index (χ2v) is 12.6. The lowest BCUT2D eigenvalue weighted by Gasteiger charge is -2.20. The van der Waals surface area contributed by atoms with Crippen LogP contribution in [0, 0.1) is 11.8 Å². The maximum absolute atomic E-state index is 13.3. The molecule has 0 radical (unpaired) electrons. The molecule has 2 fully saturated rings. The van der Waals surface area contributed by atoms with Gasteiger partial charge in [-0.25, -0.2) is 0 Å². The molecule has 0 amide bonds. The van der Waals surface area contributed by atoms with Crippen molar-refractivity contribution in [3.05, 3.63) is 104 Å². The van der Waals surface area contributed by atoms with Crippen molar-refractivity contribution < 1.29 is 9.59 Å². The van der Waals surface area contributed by atoms with E-state index in [1.807, 2.05) is 48.5 Å². The molecule has 7 rings (SSSR count). The number of rotatable bonds is 6. The summed E-state index contributed by atoms with van der Waals surface area (Å²) in [4.78, 5) is 59.1. The van der Waals surface area contributed by atoms with Crippen molar-refractivity contribution in [3.63, 3.8) is 0 Å². The van der Waals surface area contributed by atoms with Crippen molar-refractivity contribution >= 4 is 33.4 Å². The molecule has 2 aliphatic carbocycles. The van der Waals surface area contributed by atoms with Crippen molar-refractivity contribution in [2.75, 3.05) is 0 Å². The summed E-state index contributed by atoms with van der Waals surface area (Å²) in [5.41, 5.74) is 5.13. The molecule has 2 aliphatic rings. The maximum Gasteiger partial charge on any atom is 0.190 e. The zero-order valence-electron chi connectivity index (χ0n) is 24.8. The highest BCUT2D eigenvalue weighted by Gasteiger charge is 2.23. The number of carbonyl (C=O) groups excluding carboxylic acids is 2. The monoisotopic (exact) mass is 584 g/mol. The zero-order valence-corrected chi connectivity index (χ0v) is 24.8. The molecule has 44 heavy (non-hydrogen) atoms. The number of ketones is 2. The molecule has 0 atom stereocenters. The first-order valence-corrected chi connectivity index (χ1v) is 16.0. The molecule has 2 saturated carbocycles. The number of fused-ring (bicyclic) bond motifs is 2. The van der Waals surface area contributed by atoms with Crippen molar-refractivity contribution in [2.24, 2.45) is 11.8 Å². The third-order valence-electron chi connectivity index (χ3n) is 9.69. The summed E-state index contributed by atoms with van der Waals surface area (Å²) in [7, 11) is 0. The van der Waals surface area contributed by atoms with E-state index in [0.717, 1.165) is 62.5 Å². The van der Waals surface area contributed by atoms with Gasteiger partial charge in [0.25, 0.3) is 0 Å². The first-order chi connectivity index (χ1) is 21.4. The van der Waals surface area contributed by atoms with Gasteiger partial charge in [0.2, 0.25) is 0 Å². The number of hydrogen-bond donors (Lipinski definition) is 2. The number of carbonyl (C=O) groups is 2. The Kier molecular flexibility index (Phi) is 7.59. The predicted molar refractivity (Wildman–Crippen MR) is 175 cm³/mol. The molecule has 0 aliphatic heterocycles. The maximum atomic E-state index is 13.3. The average Bonchev–Trinajstić information content (AvgIpc) is 3.08. The van der Waals surface area contributed by atoms with Gasteiger partial charge in [0.1, 0.15) is 0 Å². The summed E-state index contributed by atoms with van der Waals surface area (Å²) in [6.07, 6.45) is 10.7. The zero-order chi connectivity index (χ0) is 30.2. The summed E-state index contributed by atoms with van der Waals surface area (Å²) in [5, 5.41) is 0.957. The van der Waals surface area contributed by atoms with Gasteiger partial charge in [-0.05, 0) is 48.9 Å². The molecular weight excluding hydrogens is 548 g/mol. The quantitative estimate of drug-likeness (QED) is 0.155. The standard InChI is InChI=1S/C38H36N2O4/c41-35-21-31(23-11-15-27(16-12-23)37(43)25-7-3-1-4-8-25)39-33-19-30-34(20-29(33)35)40-32(22-36(30)42)24-13-17-28(18-14-24)38(44)26-9-5-2-6-10-26/h11-22,25-26H,1-10H2,(H,39,41)(H,40,42). The van der Waals surface area contributed by atoms with Crippen molar-refractivity contribution in [3.8, 4) is 22.5 Å². The minimum atomic E-state index is -0.158. The summed E-state index contributed by atoms with van der Waals surface area (Å²) >= 11 is 0. The van der Waals surface area contributed by atoms with E-state index in [-0.39, 0.29) is 34.3 Å². The van der Waals surface area contributed by atoms with Crippen LogP contribution in [0.1, 0.15) is 84.9 Å². The van der Waals surface area contributed by atoms with E-state index in [9.17, 15) is 19.2 Å². The molecule has 0 saturated heterocycles. The molecule has 6 nitrogen and oxygen atoms in total. The fourth-order valence-corrected chi connectivity index (χ4v) is 7.13. The highest BCUT2D eigenvalue weighted by molar-refractivity contribution is 5.99. The smallest absolute Gasteiger partial charge is 0.190 e. The second kappa shape index (κ2) is 11.8. The summed E-state index contributed by atoms with van der Waals surface area (Å²) in [5.74, 6) is 0.628. The topological polar surface area (TPSA) is 99.9 Å². The lowest BCUT2D eigenvalue weighted by Crippen LogP contribution is -2.17. The van der Waals surface area contributed by atoms with E-state index in [1.54, 1.807) is 24.3 Å². The van der Waals surface area contributed by atoms with Crippen molar-refractivity contribution in [2.45, 2.75) is 64.2 Å². The van der Waals surface area contributed by atoms with E-state index in [0.29, 0.717) is 44.3 Å². The van der Waals surface area contributed by atoms with Crippen LogP contribution in [-0.4, -0.2) is 21.5 Å². The minimum absolute atomic E-state index is 0.108. The van der Waals surface area contributed by atoms with E-state index in [2.05, 4.69) is 9.97 Å². The number of pyridine rings is 2. The third-order valence-corrected chi connectivity index (χ3v) is 9.69. The Bertz CT molecular complexity index is 1840. The Labute approximate surface area is 255 Å². The SMILES string of the molecule is O=C(c1ccc(-c2cc(=O)c3cc4[nH]c(-c5ccc(C(=O)C6CCCCC6)cc5)cc(=O)c4cc3[nH]2)cc1)C1CCCCC1. The van der Waals surface area contributed by atoms with Gasteiger partial charge in [-0.2, -0.15) is 0 Å². The molecule has 0 bridgehead atoms. The molecule has 0 unspecified atom stereocenters. The Balaban J connectivity index is 1.17. The molecule has 2 N–H and O–H groups in total. The van der Waals surface area contributed by atoms with Crippen LogP contribution in [0.3, 0.4) is 0 Å². The lowest BCUT2D eigenvalue weighted by molar-refractivity contribution is 0.0882. The fraction of sp³-hybridized carbons (Fsp3) is 0.316. The average molecular weight is 585 g/mol. The van der Waals surface area contributed by atoms with E-state index in [1.165, 1.54) is 12.8 Å². The highest BCUT2D eigenvalue weighted by Crippen LogP contribution is 2.30. The Morgan fingerprint density at radius 3 is 1.23 bits per heavy atom. The highest BCUT2D eigenvalue weighted by atomic mass is 16.1. The van der Waals surface area contributed by atoms with Crippen molar-refractivity contribution in [1.29, 1.82) is 0 Å². The van der Waals surface area contributed by atoms with Crippen LogP contribution in [0.2, 0.25) is 0 Å². The fourth-order valence-electron chi connectivity index (χ4n) is 7.13. The number of aromatic nitrogens is 2. The van der Waals surface area contributed by atoms with Crippen LogP contribution in [0.25, 0.3) is 44.3 Å². The molecule has 2 heterocycles. The van der Waals surface area contributed by atoms with Gasteiger partial charge in [0.15, 0.2) is 22.4 Å². The molecule has 222 valence electrons. The number of H-pyrrole nitrogens is 2. The minimum Gasteiger partial charge on any atom is -0.354 e.